The second-order valence-electron chi connectivity index (χ2n) is 7.91. The van der Waals surface area contributed by atoms with Crippen LogP contribution in [0.3, 0.4) is 0 Å². The Labute approximate surface area is 174 Å². The molecular formula is C24H33N3O2. The summed E-state index contributed by atoms with van der Waals surface area (Å²) in [5.41, 5.74) is 1.36. The van der Waals surface area contributed by atoms with Crippen molar-refractivity contribution in [3.8, 4) is 5.75 Å². The standard InChI is InChI=1S/C24H33N3O2/c1-26(18-21-8-4-2-5-9-21)19-22-12-15-27(16-13-22)20-24(28)25-14-17-29-23-10-6-3-7-11-23/h2-11,22H,12-20H2,1H3,(H,25,28). The number of ether oxygens (including phenoxy) is 1. The zero-order valence-electron chi connectivity index (χ0n) is 17.4. The summed E-state index contributed by atoms with van der Waals surface area (Å²) in [5.74, 6) is 1.63. The fourth-order valence-corrected chi connectivity index (χ4v) is 3.86. The zero-order chi connectivity index (χ0) is 20.3. The summed E-state index contributed by atoms with van der Waals surface area (Å²) in [4.78, 5) is 16.8. The number of likely N-dealkylation sites (tertiary alicyclic amines) is 1. The van der Waals surface area contributed by atoms with Crippen LogP contribution >= 0.6 is 0 Å². The Morgan fingerprint density at radius 1 is 1.07 bits per heavy atom. The SMILES string of the molecule is CN(Cc1ccccc1)CC1CCN(CC(=O)NCCOc2ccccc2)CC1. The topological polar surface area (TPSA) is 44.8 Å². The Balaban J connectivity index is 1.26. The molecule has 0 saturated carbocycles. The fraction of sp³-hybridized carbons (Fsp3) is 0.458. The molecule has 1 saturated heterocycles. The van der Waals surface area contributed by atoms with E-state index >= 15 is 0 Å². The lowest BCUT2D eigenvalue weighted by Gasteiger charge is -2.33. The first-order valence-electron chi connectivity index (χ1n) is 10.6. The average Bonchev–Trinajstić information content (AvgIpc) is 2.74. The molecule has 1 aliphatic rings. The third-order valence-corrected chi connectivity index (χ3v) is 5.38. The Hall–Kier alpha value is -2.37. The van der Waals surface area contributed by atoms with Crippen molar-refractivity contribution in [3.63, 3.8) is 0 Å². The third-order valence-electron chi connectivity index (χ3n) is 5.38. The smallest absolute Gasteiger partial charge is 0.234 e. The number of benzene rings is 2. The number of carbonyl (C=O) groups excluding carboxylic acids is 1. The van der Waals surface area contributed by atoms with Crippen molar-refractivity contribution in [2.75, 3.05) is 46.4 Å². The van der Waals surface area contributed by atoms with Gasteiger partial charge in [0.25, 0.3) is 0 Å². The molecule has 1 amide bonds. The molecule has 29 heavy (non-hydrogen) atoms. The van der Waals surface area contributed by atoms with E-state index in [2.05, 4.69) is 52.5 Å². The first-order chi connectivity index (χ1) is 14.2. The van der Waals surface area contributed by atoms with Crippen LogP contribution in [0.25, 0.3) is 0 Å². The highest BCUT2D eigenvalue weighted by atomic mass is 16.5. The summed E-state index contributed by atoms with van der Waals surface area (Å²) in [6.07, 6.45) is 2.31. The normalized spacial score (nSPS) is 15.4. The van der Waals surface area contributed by atoms with Crippen LogP contribution in [0.4, 0.5) is 0 Å². The highest BCUT2D eigenvalue weighted by molar-refractivity contribution is 5.78. The van der Waals surface area contributed by atoms with Gasteiger partial charge in [0.15, 0.2) is 0 Å². The van der Waals surface area contributed by atoms with Gasteiger partial charge in [0, 0.05) is 13.1 Å². The van der Waals surface area contributed by atoms with E-state index < -0.39 is 0 Å². The van der Waals surface area contributed by atoms with Crippen molar-refractivity contribution >= 4 is 5.91 Å². The lowest BCUT2D eigenvalue weighted by molar-refractivity contribution is -0.122. The van der Waals surface area contributed by atoms with E-state index in [0.29, 0.717) is 25.6 Å². The van der Waals surface area contributed by atoms with Crippen LogP contribution in [-0.4, -0.2) is 62.1 Å². The maximum Gasteiger partial charge on any atom is 0.234 e. The van der Waals surface area contributed by atoms with E-state index in [4.69, 9.17) is 4.74 Å². The van der Waals surface area contributed by atoms with Crippen molar-refractivity contribution in [2.45, 2.75) is 19.4 Å². The van der Waals surface area contributed by atoms with Crippen LogP contribution in [0.5, 0.6) is 5.75 Å². The predicted octanol–water partition coefficient (Wildman–Crippen LogP) is 3.03. The van der Waals surface area contributed by atoms with Gasteiger partial charge in [-0.1, -0.05) is 48.5 Å². The summed E-state index contributed by atoms with van der Waals surface area (Å²) in [7, 11) is 2.20. The van der Waals surface area contributed by atoms with Crippen molar-refractivity contribution in [2.24, 2.45) is 5.92 Å². The number of rotatable bonds is 10. The summed E-state index contributed by atoms with van der Waals surface area (Å²) in [6, 6.07) is 20.3. The summed E-state index contributed by atoms with van der Waals surface area (Å²) in [5, 5.41) is 2.96. The molecule has 1 aliphatic heterocycles. The van der Waals surface area contributed by atoms with Gasteiger partial charge in [-0.05, 0) is 56.6 Å². The molecule has 0 unspecified atom stereocenters. The maximum atomic E-state index is 12.2. The van der Waals surface area contributed by atoms with E-state index in [1.165, 1.54) is 5.56 Å². The van der Waals surface area contributed by atoms with Crippen molar-refractivity contribution in [1.29, 1.82) is 0 Å². The van der Waals surface area contributed by atoms with Crippen LogP contribution < -0.4 is 10.1 Å². The minimum absolute atomic E-state index is 0.0845. The van der Waals surface area contributed by atoms with Gasteiger partial charge in [-0.15, -0.1) is 0 Å². The Morgan fingerprint density at radius 3 is 2.41 bits per heavy atom. The molecule has 2 aromatic rings. The molecule has 0 spiro atoms. The second-order valence-corrected chi connectivity index (χ2v) is 7.91. The summed E-state index contributed by atoms with van der Waals surface area (Å²) in [6.45, 7) is 5.62. The van der Waals surface area contributed by atoms with Crippen LogP contribution in [-0.2, 0) is 11.3 Å². The van der Waals surface area contributed by atoms with Crippen LogP contribution in [0.1, 0.15) is 18.4 Å². The molecule has 0 bridgehead atoms. The van der Waals surface area contributed by atoms with Gasteiger partial charge in [-0.2, -0.15) is 0 Å². The maximum absolute atomic E-state index is 12.2. The minimum atomic E-state index is 0.0845. The molecule has 0 aliphatic carbocycles. The zero-order valence-corrected chi connectivity index (χ0v) is 17.4. The van der Waals surface area contributed by atoms with Crippen LogP contribution in [0.15, 0.2) is 60.7 Å². The van der Waals surface area contributed by atoms with Crippen LogP contribution in [0, 0.1) is 5.92 Å². The van der Waals surface area contributed by atoms with Crippen molar-refractivity contribution in [1.82, 2.24) is 15.1 Å². The Bertz CT molecular complexity index is 715. The van der Waals surface area contributed by atoms with E-state index in [-0.39, 0.29) is 5.91 Å². The molecule has 5 nitrogen and oxygen atoms in total. The fourth-order valence-electron chi connectivity index (χ4n) is 3.86. The summed E-state index contributed by atoms with van der Waals surface area (Å²) >= 11 is 0. The summed E-state index contributed by atoms with van der Waals surface area (Å²) < 4.78 is 5.61. The number of carbonyl (C=O) groups is 1. The molecule has 0 radical (unpaired) electrons. The molecule has 1 N–H and O–H groups in total. The number of nitrogens with one attached hydrogen (secondary N) is 1. The Kier molecular flexibility index (Phi) is 8.53. The number of piperidine rings is 1. The molecule has 2 aromatic carbocycles. The first kappa shape index (κ1) is 21.3. The lowest BCUT2D eigenvalue weighted by Crippen LogP contribution is -2.43. The molecule has 3 rings (SSSR count). The molecular weight excluding hydrogens is 362 g/mol. The van der Waals surface area contributed by atoms with Gasteiger partial charge in [-0.3, -0.25) is 9.69 Å². The van der Waals surface area contributed by atoms with Gasteiger partial charge in [0.2, 0.25) is 5.91 Å². The highest BCUT2D eigenvalue weighted by Gasteiger charge is 2.21. The van der Waals surface area contributed by atoms with E-state index in [1.807, 2.05) is 30.3 Å². The van der Waals surface area contributed by atoms with Crippen LogP contribution in [0.2, 0.25) is 0 Å². The number of nitrogens with zero attached hydrogens (tertiary/aromatic N) is 2. The van der Waals surface area contributed by atoms with Gasteiger partial charge in [0.1, 0.15) is 12.4 Å². The average molecular weight is 396 g/mol. The number of para-hydroxylation sites is 1. The molecule has 0 atom stereocenters. The van der Waals surface area contributed by atoms with E-state index in [1.54, 1.807) is 0 Å². The minimum Gasteiger partial charge on any atom is -0.492 e. The largest absolute Gasteiger partial charge is 0.492 e. The number of hydrogen-bond donors (Lipinski definition) is 1. The number of amides is 1. The van der Waals surface area contributed by atoms with Crippen molar-refractivity contribution in [3.05, 3.63) is 66.2 Å². The monoisotopic (exact) mass is 395 g/mol. The molecule has 156 valence electrons. The lowest BCUT2D eigenvalue weighted by atomic mass is 9.96. The van der Waals surface area contributed by atoms with E-state index in [9.17, 15) is 4.79 Å². The van der Waals surface area contributed by atoms with Crippen molar-refractivity contribution < 1.29 is 9.53 Å². The first-order valence-corrected chi connectivity index (χ1v) is 10.6. The predicted molar refractivity (Wildman–Crippen MR) is 117 cm³/mol. The number of hydrogen-bond acceptors (Lipinski definition) is 4. The van der Waals surface area contributed by atoms with Gasteiger partial charge >= 0.3 is 0 Å². The van der Waals surface area contributed by atoms with E-state index in [0.717, 1.165) is 44.8 Å². The van der Waals surface area contributed by atoms with Gasteiger partial charge in [0.05, 0.1) is 13.1 Å². The quantitative estimate of drug-likeness (QED) is 0.628. The molecule has 1 heterocycles. The van der Waals surface area contributed by atoms with Gasteiger partial charge < -0.3 is 15.0 Å². The highest BCUT2D eigenvalue weighted by Crippen LogP contribution is 2.18. The second kappa shape index (κ2) is 11.6. The molecule has 0 aromatic heterocycles. The van der Waals surface area contributed by atoms with Gasteiger partial charge in [-0.25, -0.2) is 0 Å². The Morgan fingerprint density at radius 2 is 1.72 bits per heavy atom. The third kappa shape index (κ3) is 7.87. The molecule has 1 fully saturated rings. The molecule has 5 heteroatoms.